The Labute approximate surface area is 143 Å². The van der Waals surface area contributed by atoms with Gasteiger partial charge in [0.2, 0.25) is 0 Å². The van der Waals surface area contributed by atoms with Crippen LogP contribution in [0.2, 0.25) is 0 Å². The van der Waals surface area contributed by atoms with Crippen LogP contribution < -0.4 is 5.73 Å². The van der Waals surface area contributed by atoms with Crippen molar-refractivity contribution in [2.75, 3.05) is 20.6 Å². The molecule has 2 unspecified atom stereocenters. The molecule has 0 aromatic rings. The minimum atomic E-state index is 0.192. The van der Waals surface area contributed by atoms with Crippen molar-refractivity contribution in [1.29, 1.82) is 0 Å². The van der Waals surface area contributed by atoms with Crippen LogP contribution in [0.15, 0.2) is 36.1 Å². The molecular formula is C21H36N2. The molecule has 2 rings (SSSR count). The maximum atomic E-state index is 6.06. The van der Waals surface area contributed by atoms with Gasteiger partial charge in [-0.2, -0.15) is 0 Å². The fourth-order valence-corrected chi connectivity index (χ4v) is 4.55. The van der Waals surface area contributed by atoms with Gasteiger partial charge < -0.3 is 10.6 Å². The molecule has 4 atom stereocenters. The lowest BCUT2D eigenvalue weighted by Crippen LogP contribution is -2.53. The first-order chi connectivity index (χ1) is 10.7. The Bertz CT molecular complexity index is 484. The number of unbranched alkanes of at least 4 members (excludes halogenated alkanes) is 2. The second kappa shape index (κ2) is 7.25. The number of nitrogens with two attached hydrogens (primary N) is 1. The summed E-state index contributed by atoms with van der Waals surface area (Å²) < 4.78 is 0. The molecule has 1 fully saturated rings. The van der Waals surface area contributed by atoms with Crippen LogP contribution >= 0.6 is 0 Å². The quantitative estimate of drug-likeness (QED) is 0.524. The molecule has 23 heavy (non-hydrogen) atoms. The van der Waals surface area contributed by atoms with Crippen LogP contribution in [0.3, 0.4) is 0 Å². The smallest absolute Gasteiger partial charge is 0.0273 e. The molecule has 0 saturated heterocycles. The summed E-state index contributed by atoms with van der Waals surface area (Å²) in [5.74, 6) is 2.77. The molecule has 2 aliphatic rings. The normalized spacial score (nSPS) is 29.9. The Morgan fingerprint density at radius 1 is 1.22 bits per heavy atom. The van der Waals surface area contributed by atoms with Crippen molar-refractivity contribution in [3.8, 4) is 0 Å². The summed E-state index contributed by atoms with van der Waals surface area (Å²) in [5, 5.41) is 0. The van der Waals surface area contributed by atoms with E-state index in [1.807, 2.05) is 0 Å². The maximum absolute atomic E-state index is 6.06. The number of allylic oxidation sites excluding steroid dienone is 4. The first-order valence-corrected chi connectivity index (χ1v) is 9.21. The Morgan fingerprint density at radius 3 is 2.52 bits per heavy atom. The number of nitrogens with zero attached hydrogens (tertiary/aromatic N) is 1. The van der Waals surface area contributed by atoms with Crippen LogP contribution in [0.25, 0.3) is 0 Å². The lowest BCUT2D eigenvalue weighted by Gasteiger charge is -2.58. The van der Waals surface area contributed by atoms with E-state index in [0.717, 1.165) is 11.6 Å². The highest BCUT2D eigenvalue weighted by molar-refractivity contribution is 5.30. The fraction of sp³-hybridized carbons (Fsp3) is 0.714. The van der Waals surface area contributed by atoms with Crippen molar-refractivity contribution < 1.29 is 0 Å². The monoisotopic (exact) mass is 316 g/mol. The van der Waals surface area contributed by atoms with Crippen LogP contribution in [-0.2, 0) is 0 Å². The second-order valence-corrected chi connectivity index (χ2v) is 8.52. The van der Waals surface area contributed by atoms with Crippen LogP contribution in [-0.4, -0.2) is 25.5 Å². The lowest BCUT2D eigenvalue weighted by molar-refractivity contribution is -0.0374. The SMILES string of the molecule is C=C(C)C(C)(C)C1C2C=C(N)C=C[C@H]2[C@@H]1CCCCCN(C)C. The highest BCUT2D eigenvalue weighted by Gasteiger charge is 2.54. The summed E-state index contributed by atoms with van der Waals surface area (Å²) in [4.78, 5) is 2.28. The third-order valence-electron chi connectivity index (χ3n) is 6.29. The van der Waals surface area contributed by atoms with E-state index in [2.05, 4.69) is 64.6 Å². The van der Waals surface area contributed by atoms with E-state index in [1.165, 1.54) is 37.8 Å². The molecule has 0 spiro atoms. The van der Waals surface area contributed by atoms with Crippen molar-refractivity contribution >= 4 is 0 Å². The van der Waals surface area contributed by atoms with Crippen molar-refractivity contribution in [3.63, 3.8) is 0 Å². The minimum absolute atomic E-state index is 0.192. The molecule has 130 valence electrons. The van der Waals surface area contributed by atoms with Crippen LogP contribution in [0.1, 0.15) is 46.5 Å². The van der Waals surface area contributed by atoms with Crippen molar-refractivity contribution in [1.82, 2.24) is 4.90 Å². The molecule has 2 N–H and O–H groups in total. The van der Waals surface area contributed by atoms with Crippen molar-refractivity contribution in [3.05, 3.63) is 36.1 Å². The van der Waals surface area contributed by atoms with E-state index >= 15 is 0 Å². The fourth-order valence-electron chi connectivity index (χ4n) is 4.55. The van der Waals surface area contributed by atoms with Gasteiger partial charge in [-0.25, -0.2) is 0 Å². The van der Waals surface area contributed by atoms with Crippen LogP contribution in [0, 0.1) is 29.1 Å². The van der Waals surface area contributed by atoms with Gasteiger partial charge in [-0.3, -0.25) is 0 Å². The maximum Gasteiger partial charge on any atom is 0.0273 e. The first-order valence-electron chi connectivity index (χ1n) is 9.21. The summed E-state index contributed by atoms with van der Waals surface area (Å²) in [6.07, 6.45) is 12.1. The zero-order valence-electron chi connectivity index (χ0n) is 15.8. The first kappa shape index (κ1) is 18.3. The molecule has 0 aliphatic heterocycles. The Balaban J connectivity index is 1.99. The minimum Gasteiger partial charge on any atom is -0.399 e. The van der Waals surface area contributed by atoms with Gasteiger partial charge in [-0.05, 0) is 75.6 Å². The Hall–Kier alpha value is -1.02. The molecule has 0 amide bonds. The average Bonchev–Trinajstić information content (AvgIpc) is 2.43. The van der Waals surface area contributed by atoms with Crippen molar-refractivity contribution in [2.45, 2.75) is 46.5 Å². The number of hydrogen-bond donors (Lipinski definition) is 1. The Morgan fingerprint density at radius 2 is 1.91 bits per heavy atom. The molecule has 0 radical (unpaired) electrons. The second-order valence-electron chi connectivity index (χ2n) is 8.52. The van der Waals surface area contributed by atoms with Crippen molar-refractivity contribution in [2.24, 2.45) is 34.8 Å². The summed E-state index contributed by atoms with van der Waals surface area (Å²) in [6, 6.07) is 0. The predicted molar refractivity (Wildman–Crippen MR) is 101 cm³/mol. The number of hydrogen-bond acceptors (Lipinski definition) is 2. The predicted octanol–water partition coefficient (Wildman–Crippen LogP) is 4.60. The number of fused-ring (bicyclic) bond motifs is 1. The summed E-state index contributed by atoms with van der Waals surface area (Å²) >= 11 is 0. The molecule has 2 nitrogen and oxygen atoms in total. The molecule has 2 aliphatic carbocycles. The van der Waals surface area contributed by atoms with Crippen LogP contribution in [0.4, 0.5) is 0 Å². The van der Waals surface area contributed by atoms with Gasteiger partial charge in [-0.1, -0.05) is 51.0 Å². The highest BCUT2D eigenvalue weighted by Crippen LogP contribution is 2.60. The lowest BCUT2D eigenvalue weighted by atomic mass is 9.46. The largest absolute Gasteiger partial charge is 0.399 e. The molecule has 2 heteroatoms. The highest BCUT2D eigenvalue weighted by atomic mass is 15.0. The van der Waals surface area contributed by atoms with E-state index in [9.17, 15) is 0 Å². The van der Waals surface area contributed by atoms with Gasteiger partial charge in [0.05, 0.1) is 0 Å². The van der Waals surface area contributed by atoms with Gasteiger partial charge >= 0.3 is 0 Å². The molecular weight excluding hydrogens is 280 g/mol. The zero-order valence-corrected chi connectivity index (χ0v) is 15.8. The zero-order chi connectivity index (χ0) is 17.2. The summed E-state index contributed by atoms with van der Waals surface area (Å²) in [7, 11) is 4.32. The van der Waals surface area contributed by atoms with E-state index in [1.54, 1.807) is 0 Å². The van der Waals surface area contributed by atoms with Gasteiger partial charge in [0, 0.05) is 5.70 Å². The van der Waals surface area contributed by atoms with Gasteiger partial charge in [0.1, 0.15) is 0 Å². The summed E-state index contributed by atoms with van der Waals surface area (Å²) in [5.41, 5.74) is 8.50. The third-order valence-corrected chi connectivity index (χ3v) is 6.29. The van der Waals surface area contributed by atoms with Crippen LogP contribution in [0.5, 0.6) is 0 Å². The molecule has 0 aromatic carbocycles. The van der Waals surface area contributed by atoms with Gasteiger partial charge in [0.25, 0.3) is 0 Å². The molecule has 1 saturated carbocycles. The third kappa shape index (κ3) is 3.91. The van der Waals surface area contributed by atoms with Gasteiger partial charge in [0.15, 0.2) is 0 Å². The van der Waals surface area contributed by atoms with E-state index in [0.29, 0.717) is 17.8 Å². The molecule has 0 heterocycles. The molecule has 0 aromatic heterocycles. The number of rotatable bonds is 8. The van der Waals surface area contributed by atoms with E-state index in [4.69, 9.17) is 5.73 Å². The Kier molecular flexibility index (Phi) is 5.78. The van der Waals surface area contributed by atoms with E-state index < -0.39 is 0 Å². The summed E-state index contributed by atoms with van der Waals surface area (Å²) in [6.45, 7) is 12.4. The van der Waals surface area contributed by atoms with E-state index in [-0.39, 0.29) is 5.41 Å². The standard InChI is InChI=1S/C21H36N2/c1-15(2)21(3,4)20-18(10-8-7-9-13-23(5)6)17-12-11-16(22)14-19(17)20/h11-12,14,17-20H,1,7-10,13,22H2,2-6H3/t17-,18-,19?,20?/m0/s1. The topological polar surface area (TPSA) is 29.3 Å². The molecule has 0 bridgehead atoms. The van der Waals surface area contributed by atoms with Gasteiger partial charge in [-0.15, -0.1) is 0 Å². The average molecular weight is 317 g/mol.